The summed E-state index contributed by atoms with van der Waals surface area (Å²) in [5.41, 5.74) is 2.16. The van der Waals surface area contributed by atoms with E-state index in [1.807, 2.05) is 0 Å². The second-order valence-corrected chi connectivity index (χ2v) is 7.04. The van der Waals surface area contributed by atoms with Crippen LogP contribution in [-0.2, 0) is 16.0 Å². The van der Waals surface area contributed by atoms with Gasteiger partial charge in [-0.25, -0.2) is 9.59 Å². The number of fused-ring (bicyclic) bond motifs is 1. The van der Waals surface area contributed by atoms with Crippen molar-refractivity contribution in [2.45, 2.75) is 26.7 Å². The highest BCUT2D eigenvalue weighted by Gasteiger charge is 2.20. The summed E-state index contributed by atoms with van der Waals surface area (Å²) in [7, 11) is 2.86. The zero-order chi connectivity index (χ0) is 22.0. The number of benzene rings is 2. The van der Waals surface area contributed by atoms with Gasteiger partial charge in [0.25, 0.3) is 0 Å². The standard InChI is InChI=1S/C23H23NO6/c1-13-15-9-11-19(25)14(2)21(15)30-23(28)16(13)10-12-20(26)24(3)18-8-6-5-7-17(18)22(27)29-4/h5-9,11,25H,10,12H2,1-4H3. The number of nitrogens with zero attached hydrogens (tertiary/aromatic N) is 1. The molecule has 0 atom stereocenters. The van der Waals surface area contributed by atoms with E-state index in [0.717, 1.165) is 10.9 Å². The Balaban J connectivity index is 1.87. The average molecular weight is 409 g/mol. The number of carbonyl (C=O) groups is 2. The monoisotopic (exact) mass is 409 g/mol. The van der Waals surface area contributed by atoms with Crippen LogP contribution in [0.1, 0.15) is 33.5 Å². The predicted octanol–water partition coefficient (Wildman–Crippen LogP) is 3.50. The molecule has 1 aromatic heterocycles. The summed E-state index contributed by atoms with van der Waals surface area (Å²) in [6, 6.07) is 9.92. The van der Waals surface area contributed by atoms with Gasteiger partial charge in [-0.1, -0.05) is 12.1 Å². The molecule has 156 valence electrons. The van der Waals surface area contributed by atoms with E-state index < -0.39 is 11.6 Å². The number of rotatable bonds is 5. The Morgan fingerprint density at radius 2 is 1.80 bits per heavy atom. The smallest absolute Gasteiger partial charge is 0.339 e. The Morgan fingerprint density at radius 1 is 1.10 bits per heavy atom. The van der Waals surface area contributed by atoms with Crippen LogP contribution in [0.5, 0.6) is 5.75 Å². The zero-order valence-electron chi connectivity index (χ0n) is 17.3. The van der Waals surface area contributed by atoms with Gasteiger partial charge in [-0.05, 0) is 50.1 Å². The second-order valence-electron chi connectivity index (χ2n) is 7.04. The number of hydrogen-bond acceptors (Lipinski definition) is 6. The van der Waals surface area contributed by atoms with E-state index in [9.17, 15) is 19.5 Å². The quantitative estimate of drug-likeness (QED) is 0.512. The molecule has 0 saturated heterocycles. The van der Waals surface area contributed by atoms with Gasteiger partial charge >= 0.3 is 11.6 Å². The van der Waals surface area contributed by atoms with Crippen molar-refractivity contribution in [3.63, 3.8) is 0 Å². The number of esters is 1. The predicted molar refractivity (Wildman–Crippen MR) is 113 cm³/mol. The average Bonchev–Trinajstić information content (AvgIpc) is 2.75. The Labute approximate surface area is 173 Å². The lowest BCUT2D eigenvalue weighted by atomic mass is 10.00. The molecule has 0 unspecified atom stereocenters. The number of carbonyl (C=O) groups excluding carboxylic acids is 2. The van der Waals surface area contributed by atoms with Crippen LogP contribution in [0.25, 0.3) is 11.0 Å². The van der Waals surface area contributed by atoms with E-state index in [-0.39, 0.29) is 30.1 Å². The fraction of sp³-hybridized carbons (Fsp3) is 0.261. The van der Waals surface area contributed by atoms with Crippen molar-refractivity contribution in [1.82, 2.24) is 0 Å². The molecule has 3 aromatic rings. The zero-order valence-corrected chi connectivity index (χ0v) is 17.3. The van der Waals surface area contributed by atoms with Gasteiger partial charge in [0.2, 0.25) is 5.91 Å². The molecule has 0 spiro atoms. The van der Waals surface area contributed by atoms with Crippen LogP contribution in [0.2, 0.25) is 0 Å². The molecule has 0 bridgehead atoms. The minimum atomic E-state index is -0.533. The third-order valence-corrected chi connectivity index (χ3v) is 5.31. The minimum absolute atomic E-state index is 0.0545. The molecule has 7 nitrogen and oxygen atoms in total. The molecule has 3 rings (SSSR count). The molecule has 7 heteroatoms. The highest BCUT2D eigenvalue weighted by molar-refractivity contribution is 6.02. The van der Waals surface area contributed by atoms with Crippen molar-refractivity contribution < 1.29 is 23.8 Å². The Bertz CT molecular complexity index is 1190. The second kappa shape index (κ2) is 8.41. The first kappa shape index (κ1) is 21.1. The fourth-order valence-electron chi connectivity index (χ4n) is 3.45. The van der Waals surface area contributed by atoms with E-state index >= 15 is 0 Å². The minimum Gasteiger partial charge on any atom is -0.508 e. The molecule has 2 aromatic carbocycles. The maximum atomic E-state index is 12.8. The van der Waals surface area contributed by atoms with E-state index in [0.29, 0.717) is 22.4 Å². The molecule has 0 saturated carbocycles. The third kappa shape index (κ3) is 3.78. The summed E-state index contributed by atoms with van der Waals surface area (Å²) < 4.78 is 10.2. The fourth-order valence-corrected chi connectivity index (χ4v) is 3.45. The number of aryl methyl sites for hydroxylation is 2. The molecule has 0 fully saturated rings. The molecule has 0 aliphatic rings. The van der Waals surface area contributed by atoms with Gasteiger partial charge in [0.15, 0.2) is 0 Å². The lowest BCUT2D eigenvalue weighted by Gasteiger charge is -2.20. The van der Waals surface area contributed by atoms with Gasteiger partial charge in [-0.15, -0.1) is 0 Å². The number of methoxy groups -OCH3 is 1. The SMILES string of the molecule is COC(=O)c1ccccc1N(C)C(=O)CCc1c(C)c2ccc(O)c(C)c2oc1=O. The highest BCUT2D eigenvalue weighted by atomic mass is 16.5. The van der Waals surface area contributed by atoms with Crippen LogP contribution in [0.3, 0.4) is 0 Å². The van der Waals surface area contributed by atoms with Crippen molar-refractivity contribution in [2.75, 3.05) is 19.1 Å². The molecule has 30 heavy (non-hydrogen) atoms. The molecule has 1 N–H and O–H groups in total. The molecule has 0 radical (unpaired) electrons. The summed E-state index contributed by atoms with van der Waals surface area (Å²) in [4.78, 5) is 38.6. The van der Waals surface area contributed by atoms with Crippen LogP contribution in [0.4, 0.5) is 5.69 Å². The first-order valence-electron chi connectivity index (χ1n) is 9.45. The largest absolute Gasteiger partial charge is 0.508 e. The van der Waals surface area contributed by atoms with Crippen LogP contribution in [0, 0.1) is 13.8 Å². The first-order valence-corrected chi connectivity index (χ1v) is 9.45. The van der Waals surface area contributed by atoms with Gasteiger partial charge in [0.05, 0.1) is 18.4 Å². The van der Waals surface area contributed by atoms with Gasteiger partial charge in [-0.2, -0.15) is 0 Å². The van der Waals surface area contributed by atoms with Crippen LogP contribution in [-0.4, -0.2) is 31.1 Å². The van der Waals surface area contributed by atoms with Crippen molar-refractivity contribution in [3.05, 3.63) is 69.1 Å². The van der Waals surface area contributed by atoms with E-state index in [1.165, 1.54) is 12.0 Å². The lowest BCUT2D eigenvalue weighted by Crippen LogP contribution is -2.29. The molecular weight excluding hydrogens is 386 g/mol. The van der Waals surface area contributed by atoms with Gasteiger partial charge < -0.3 is 19.2 Å². The summed E-state index contributed by atoms with van der Waals surface area (Å²) in [6.45, 7) is 3.47. The van der Waals surface area contributed by atoms with Crippen LogP contribution >= 0.6 is 0 Å². The number of hydrogen-bond donors (Lipinski definition) is 1. The number of amides is 1. The summed E-state index contributed by atoms with van der Waals surface area (Å²) in [5.74, 6) is -0.735. The number of aromatic hydroxyl groups is 1. The number of phenols is 1. The summed E-state index contributed by atoms with van der Waals surface area (Å²) in [6.07, 6.45) is 0.244. The molecular formula is C23H23NO6. The Morgan fingerprint density at radius 3 is 2.50 bits per heavy atom. The van der Waals surface area contributed by atoms with Crippen molar-refractivity contribution >= 4 is 28.5 Å². The van der Waals surface area contributed by atoms with Crippen molar-refractivity contribution in [2.24, 2.45) is 0 Å². The normalized spacial score (nSPS) is 10.8. The van der Waals surface area contributed by atoms with Crippen molar-refractivity contribution in [3.8, 4) is 5.75 Å². The Hall–Kier alpha value is -3.61. The molecule has 1 heterocycles. The molecule has 1 amide bonds. The molecule has 0 aliphatic heterocycles. The maximum Gasteiger partial charge on any atom is 0.339 e. The Kier molecular flexibility index (Phi) is 5.91. The molecule has 0 aliphatic carbocycles. The number of para-hydroxylation sites is 1. The van der Waals surface area contributed by atoms with Gasteiger partial charge in [-0.3, -0.25) is 4.79 Å². The number of anilines is 1. The van der Waals surface area contributed by atoms with Crippen LogP contribution < -0.4 is 10.5 Å². The van der Waals surface area contributed by atoms with E-state index in [1.54, 1.807) is 57.3 Å². The number of phenolic OH excluding ortho intramolecular Hbond substituents is 1. The van der Waals surface area contributed by atoms with E-state index in [2.05, 4.69) is 0 Å². The van der Waals surface area contributed by atoms with Crippen LogP contribution in [0.15, 0.2) is 45.6 Å². The topological polar surface area (TPSA) is 97.1 Å². The maximum absolute atomic E-state index is 12.8. The van der Waals surface area contributed by atoms with Gasteiger partial charge in [0.1, 0.15) is 11.3 Å². The van der Waals surface area contributed by atoms with Crippen molar-refractivity contribution in [1.29, 1.82) is 0 Å². The first-order chi connectivity index (χ1) is 14.3. The van der Waals surface area contributed by atoms with Gasteiger partial charge in [0, 0.05) is 30.0 Å². The summed E-state index contributed by atoms with van der Waals surface area (Å²) in [5, 5.41) is 10.6. The van der Waals surface area contributed by atoms with E-state index in [4.69, 9.17) is 9.15 Å². The highest BCUT2D eigenvalue weighted by Crippen LogP contribution is 2.29. The lowest BCUT2D eigenvalue weighted by molar-refractivity contribution is -0.118. The number of ether oxygens (including phenoxy) is 1. The summed E-state index contributed by atoms with van der Waals surface area (Å²) >= 11 is 0. The third-order valence-electron chi connectivity index (χ3n) is 5.31.